The van der Waals surface area contributed by atoms with Crippen molar-refractivity contribution in [2.24, 2.45) is 0 Å². The average molecular weight is 1920 g/mol. The SMILES string of the molecule is C=CC(=O)N1C[C@@H]2C(=O)N(C)c3c(c4cc(Cl)c(-c5c(O)cccc5F)nc4n(-c4c(C(C)C)ccnc4C(C)C)c3=O)N2C[C@H]1C.C=CC(=O)N1C[C@@H]2C(=O)N(C)c3c(c4cc(Cl)c(-c5c(O)cccc5F)nc4n(-c4c(C)ccnc4C(C)C)c3=O)N2C[C@H]1C.C=CC(=O)N1C[C@@H]2C(=O)N(C)c3c(c4cc(Cl)c(-c5c(O)cccc5F)nc4n(-c4c(C)ccnc4C(C)C)c3=O)N2C[C@H]1C. The van der Waals surface area contributed by atoms with Gasteiger partial charge in [0.1, 0.15) is 69.9 Å². The summed E-state index contributed by atoms with van der Waals surface area (Å²) in [5.74, 6) is -5.57. The molecule has 6 aliphatic rings. The zero-order chi connectivity index (χ0) is 99.0. The van der Waals surface area contributed by atoms with Crippen molar-refractivity contribution in [1.82, 2.24) is 58.3 Å². The van der Waals surface area contributed by atoms with Gasteiger partial charge in [-0.15, -0.1) is 0 Å². The Hall–Kier alpha value is -14.3. The highest BCUT2D eigenvalue weighted by Crippen LogP contribution is 2.51. The van der Waals surface area contributed by atoms with Crippen molar-refractivity contribution in [3.05, 3.63) is 245 Å². The number of benzene rings is 3. The predicted molar refractivity (Wildman–Crippen MR) is 525 cm³/mol. The number of carbonyl (C=O) groups is 6. The Morgan fingerprint density at radius 2 is 0.664 bits per heavy atom. The van der Waals surface area contributed by atoms with Crippen LogP contribution in [-0.2, 0) is 28.8 Å². The molecule has 0 saturated carbocycles. The Bertz CT molecular complexity index is 7020. The fourth-order valence-electron chi connectivity index (χ4n) is 19.7. The van der Waals surface area contributed by atoms with E-state index in [1.165, 1.54) is 115 Å². The first-order valence-corrected chi connectivity index (χ1v) is 45.8. The Morgan fingerprint density at radius 3 is 0.927 bits per heavy atom. The molecule has 6 aliphatic heterocycles. The van der Waals surface area contributed by atoms with Gasteiger partial charge in [0.2, 0.25) is 17.7 Å². The minimum atomic E-state index is -0.795. The number of phenolic OH excluding ortho intramolecular Hbond substituents is 3. The molecule has 0 aliphatic carbocycles. The van der Waals surface area contributed by atoms with Gasteiger partial charge in [-0.3, -0.25) is 71.8 Å². The third-order valence-electron chi connectivity index (χ3n) is 26.4. The number of carbonyl (C=O) groups excluding carboxylic acids is 6. The average Bonchev–Trinajstić information content (AvgIpc) is 0.710. The van der Waals surface area contributed by atoms with E-state index in [-0.39, 0.29) is 217 Å². The molecule has 30 nitrogen and oxygen atoms in total. The molecule has 137 heavy (non-hydrogen) atoms. The van der Waals surface area contributed by atoms with Gasteiger partial charge in [0.05, 0.1) is 120 Å². The second kappa shape index (κ2) is 36.7. The second-order valence-electron chi connectivity index (χ2n) is 36.3. The number of halogens is 6. The smallest absolute Gasteiger partial charge is 0.283 e. The molecule has 0 radical (unpaired) electrons. The van der Waals surface area contributed by atoms with Crippen molar-refractivity contribution in [1.29, 1.82) is 0 Å². The molecule has 3 fully saturated rings. The zero-order valence-corrected chi connectivity index (χ0v) is 80.4. The summed E-state index contributed by atoms with van der Waals surface area (Å²) in [7, 11) is 4.62. The molecule has 3 aromatic carbocycles. The Balaban J connectivity index is 0.000000149. The van der Waals surface area contributed by atoms with Crippen molar-refractivity contribution in [3.63, 3.8) is 0 Å². The number of hydrogen-bond donors (Lipinski definition) is 3. The highest BCUT2D eigenvalue weighted by Gasteiger charge is 2.51. The van der Waals surface area contributed by atoms with Crippen molar-refractivity contribution in [2.75, 3.05) is 89.8 Å². The number of anilines is 6. The van der Waals surface area contributed by atoms with Crippen LogP contribution < -0.4 is 46.1 Å². The van der Waals surface area contributed by atoms with Crippen LogP contribution in [0.2, 0.25) is 15.1 Å². The molecule has 3 N–H and O–H groups in total. The van der Waals surface area contributed by atoms with E-state index in [4.69, 9.17) is 49.8 Å². The highest BCUT2D eigenvalue weighted by molar-refractivity contribution is 6.35. The number of hydrogen-bond acceptors (Lipinski definition) is 21. The predicted octanol–water partition coefficient (Wildman–Crippen LogP) is 15.7. The summed E-state index contributed by atoms with van der Waals surface area (Å²) >= 11 is 20.5. The topological polar surface area (TPSA) is 336 Å². The molecule has 9 aromatic heterocycles. The van der Waals surface area contributed by atoms with E-state index in [2.05, 4.69) is 34.7 Å². The maximum atomic E-state index is 15.3. The van der Waals surface area contributed by atoms with Gasteiger partial charge in [0, 0.05) is 93.7 Å². The molecule has 0 bridgehead atoms. The van der Waals surface area contributed by atoms with Crippen molar-refractivity contribution >= 4 is 137 Å². The van der Waals surface area contributed by atoms with Gasteiger partial charge in [0.25, 0.3) is 34.4 Å². The van der Waals surface area contributed by atoms with Gasteiger partial charge >= 0.3 is 0 Å². The van der Waals surface area contributed by atoms with Crippen molar-refractivity contribution < 1.29 is 57.3 Å². The number of piperazine rings is 3. The first-order chi connectivity index (χ1) is 65.0. The molecule has 708 valence electrons. The van der Waals surface area contributed by atoms with Crippen molar-refractivity contribution in [3.8, 4) is 68.1 Å². The minimum Gasteiger partial charge on any atom is -0.507 e. The lowest BCUT2D eigenvalue weighted by Crippen LogP contribution is -2.66. The first-order valence-electron chi connectivity index (χ1n) is 44.7. The van der Waals surface area contributed by atoms with Crippen LogP contribution in [0.3, 0.4) is 0 Å². The molecule has 0 unspecified atom stereocenters. The fraction of sp³-hybridized carbons (Fsp3) is 0.317. The maximum Gasteiger partial charge on any atom is 0.283 e. The number of pyridine rings is 9. The van der Waals surface area contributed by atoms with Crippen LogP contribution in [0.4, 0.5) is 47.3 Å². The number of likely N-dealkylation sites (N-methyl/N-ethyl adjacent to an activating group) is 3. The maximum absolute atomic E-state index is 15.3. The normalized spacial score (nSPS) is 17.9. The van der Waals surface area contributed by atoms with E-state index in [0.717, 1.165) is 16.7 Å². The summed E-state index contributed by atoms with van der Waals surface area (Å²) in [6.07, 6.45) is 8.70. The van der Waals surface area contributed by atoms with Gasteiger partial charge in [-0.2, -0.15) is 0 Å². The summed E-state index contributed by atoms with van der Waals surface area (Å²) in [5.41, 5.74) is 5.47. The van der Waals surface area contributed by atoms with E-state index >= 15 is 18.0 Å². The third kappa shape index (κ3) is 15.8. The molecular formula is C101H100Cl3F3N18O12. The van der Waals surface area contributed by atoms with Gasteiger partial charge in [-0.25, -0.2) is 28.1 Å². The monoisotopic (exact) mass is 1920 g/mol. The number of nitrogens with zero attached hydrogens (tertiary/aromatic N) is 18. The van der Waals surface area contributed by atoms with E-state index in [0.29, 0.717) is 67.4 Å². The number of aromatic nitrogens is 9. The summed E-state index contributed by atoms with van der Waals surface area (Å²) in [5, 5.41) is 33.5. The van der Waals surface area contributed by atoms with Crippen LogP contribution in [0.1, 0.15) is 134 Å². The lowest BCUT2D eigenvalue weighted by atomic mass is 9.95. The summed E-state index contributed by atoms with van der Waals surface area (Å²) < 4.78 is 49.9. The Kier molecular flexibility index (Phi) is 25.7. The lowest BCUT2D eigenvalue weighted by molar-refractivity contribution is -0.132. The van der Waals surface area contributed by atoms with Crippen LogP contribution in [0, 0.1) is 31.3 Å². The van der Waals surface area contributed by atoms with Gasteiger partial charge < -0.3 is 59.4 Å². The molecule has 0 spiro atoms. The minimum absolute atomic E-state index is 0.0342. The van der Waals surface area contributed by atoms with E-state index in [9.17, 15) is 53.7 Å². The summed E-state index contributed by atoms with van der Waals surface area (Å²) in [6.45, 7) is 36.9. The number of phenols is 3. The number of rotatable bonds is 13. The molecule has 15 heterocycles. The van der Waals surface area contributed by atoms with Crippen LogP contribution in [0.15, 0.2) is 162 Å². The van der Waals surface area contributed by atoms with Gasteiger partial charge in [-0.05, 0) is 166 Å². The van der Waals surface area contributed by atoms with Crippen molar-refractivity contribution in [2.45, 2.75) is 150 Å². The first kappa shape index (κ1) is 95.8. The van der Waals surface area contributed by atoms with Gasteiger partial charge in [-0.1, -0.05) is 128 Å². The standard InChI is InChI=1S/C35H36ClFN6O4.2C33H32ClFN6O4/c1-8-26(45)41-16-24-34(46)40(7)32-31(42(24)15-19(41)6)21-14-22(36)29(27-23(37)10-9-11-25(27)44)39-33(21)43(35(32)47)30-20(17(2)3)12-13-38-28(30)18(4)5;2*1-7-24(43)39-15-22-32(44)38(6)30-29(40(22)14-18(39)5)19-13-20(34)27(25-21(35)9-8-10-23(25)42)37-31(19)41(33(30)45)28-17(4)11-12-36-26(28)16(2)3/h8-14,17-19,24,44H,1,15-16H2,2-7H3;2*7-13,16,18,22,42H,1,14-15H2,2-6H3/t19-,24-;2*18-,22-/m111/s1. The van der Waals surface area contributed by atoms with Crippen LogP contribution in [0.25, 0.3) is 83.9 Å². The Morgan fingerprint density at radius 1 is 0.394 bits per heavy atom. The number of aryl methyl sites for hydroxylation is 2. The Labute approximate surface area is 801 Å². The van der Waals surface area contributed by atoms with E-state index < -0.39 is 52.3 Å². The van der Waals surface area contributed by atoms with Crippen LogP contribution >= 0.6 is 34.8 Å². The molecule has 6 amide bonds. The summed E-state index contributed by atoms with van der Waals surface area (Å²) in [4.78, 5) is 167. The molecule has 3 saturated heterocycles. The number of aromatic hydroxyl groups is 3. The van der Waals surface area contributed by atoms with E-state index in [1.54, 1.807) is 70.7 Å². The highest BCUT2D eigenvalue weighted by atomic mass is 35.5. The third-order valence-corrected chi connectivity index (χ3v) is 27.2. The number of amides is 6. The van der Waals surface area contributed by atoms with E-state index in [1.807, 2.05) is 111 Å². The molecule has 12 aromatic rings. The van der Waals surface area contributed by atoms with Crippen LogP contribution in [-0.4, -0.2) is 206 Å². The number of fused-ring (bicyclic) bond motifs is 15. The molecular weight excluding hydrogens is 1820 g/mol. The van der Waals surface area contributed by atoms with Crippen LogP contribution in [0.5, 0.6) is 17.2 Å². The molecule has 36 heteroatoms. The summed E-state index contributed by atoms with van der Waals surface area (Å²) in [6, 6.07) is 18.6. The molecule has 18 rings (SSSR count). The lowest BCUT2D eigenvalue weighted by Gasteiger charge is -2.49. The zero-order valence-electron chi connectivity index (χ0n) is 78.1. The molecule has 6 atom stereocenters. The fourth-order valence-corrected chi connectivity index (χ4v) is 20.4. The largest absolute Gasteiger partial charge is 0.507 e. The van der Waals surface area contributed by atoms with Gasteiger partial charge in [0.15, 0.2) is 16.9 Å². The quantitative estimate of drug-likeness (QED) is 0.0903. The second-order valence-corrected chi connectivity index (χ2v) is 37.5.